The van der Waals surface area contributed by atoms with Crippen molar-refractivity contribution in [2.75, 3.05) is 6.61 Å². The minimum absolute atomic E-state index is 0.0711. The lowest BCUT2D eigenvalue weighted by atomic mass is 10.1. The van der Waals surface area contributed by atoms with Crippen LogP contribution in [0.25, 0.3) is 0 Å². The number of esters is 1. The average Bonchev–Trinajstić information content (AvgIpc) is 2.58. The van der Waals surface area contributed by atoms with Crippen LogP contribution < -0.4 is 0 Å². The van der Waals surface area contributed by atoms with Crippen molar-refractivity contribution in [1.29, 1.82) is 0 Å². The zero-order valence-electron chi connectivity index (χ0n) is 14.5. The first-order chi connectivity index (χ1) is 11.8. The van der Waals surface area contributed by atoms with Crippen LogP contribution in [0.1, 0.15) is 22.0 Å². The largest absolute Gasteiger partial charge is 0.451 e. The molecule has 0 aromatic heterocycles. The van der Waals surface area contributed by atoms with Crippen molar-refractivity contribution in [2.24, 2.45) is 0 Å². The summed E-state index contributed by atoms with van der Waals surface area (Å²) in [6.07, 6.45) is -0.532. The summed E-state index contributed by atoms with van der Waals surface area (Å²) in [6, 6.07) is 14.7. The lowest BCUT2D eigenvalue weighted by molar-refractivity contribution is -0.384. The zero-order valence-corrected chi connectivity index (χ0v) is 15.5. The fourth-order valence-corrected chi connectivity index (χ4v) is 2.76. The zero-order chi connectivity index (χ0) is 18.4. The molecule has 6 nitrogen and oxygen atoms in total. The van der Waals surface area contributed by atoms with Crippen LogP contribution in [0.4, 0.5) is 5.69 Å². The molecule has 0 heterocycles. The summed E-state index contributed by atoms with van der Waals surface area (Å²) in [7, 11) is -1.77. The van der Waals surface area contributed by atoms with E-state index < -0.39 is 25.3 Å². The molecular weight excluding hydrogens is 338 g/mol. The molecule has 1 unspecified atom stereocenters. The number of hydrogen-bond donors (Lipinski definition) is 0. The van der Waals surface area contributed by atoms with E-state index in [0.717, 1.165) is 5.56 Å². The molecule has 0 spiro atoms. The monoisotopic (exact) mass is 359 g/mol. The third-order valence-electron chi connectivity index (χ3n) is 3.40. The van der Waals surface area contributed by atoms with E-state index in [9.17, 15) is 14.9 Å². The topological polar surface area (TPSA) is 78.7 Å². The molecule has 0 N–H and O–H groups in total. The fraction of sp³-hybridized carbons (Fsp3) is 0.278. The first-order valence-electron chi connectivity index (χ1n) is 7.90. The van der Waals surface area contributed by atoms with Crippen LogP contribution in [0.2, 0.25) is 19.6 Å². The number of nitro groups is 1. The Kier molecular flexibility index (Phi) is 6.05. The molecular formula is C18H21NO5Si. The van der Waals surface area contributed by atoms with Gasteiger partial charge in [0, 0.05) is 12.1 Å². The van der Waals surface area contributed by atoms with Gasteiger partial charge in [0.2, 0.25) is 0 Å². The maximum absolute atomic E-state index is 12.4. The summed E-state index contributed by atoms with van der Waals surface area (Å²) in [6.45, 7) is 6.46. The van der Waals surface area contributed by atoms with Crippen molar-refractivity contribution < 1.29 is 18.9 Å². The molecule has 132 valence electrons. The van der Waals surface area contributed by atoms with E-state index in [0.29, 0.717) is 0 Å². The predicted octanol–water partition coefficient (Wildman–Crippen LogP) is 4.34. The second-order valence-electron chi connectivity index (χ2n) is 6.53. The Morgan fingerprint density at radius 2 is 1.68 bits per heavy atom. The van der Waals surface area contributed by atoms with Gasteiger partial charge in [-0.05, 0) is 37.3 Å². The second-order valence-corrected chi connectivity index (χ2v) is 11.0. The van der Waals surface area contributed by atoms with Gasteiger partial charge in [0.25, 0.3) is 5.69 Å². The number of hydrogen-bond acceptors (Lipinski definition) is 5. The number of nitrogens with zero attached hydrogens (tertiary/aromatic N) is 1. The number of carbonyl (C=O) groups is 1. The Balaban J connectivity index is 2.14. The predicted molar refractivity (Wildman–Crippen MR) is 97.0 cm³/mol. The Bertz CT molecular complexity index is 725. The first kappa shape index (κ1) is 18.8. The highest BCUT2D eigenvalue weighted by molar-refractivity contribution is 6.69. The molecule has 2 aromatic rings. The average molecular weight is 359 g/mol. The van der Waals surface area contributed by atoms with E-state index in [4.69, 9.17) is 9.16 Å². The highest BCUT2D eigenvalue weighted by Crippen LogP contribution is 2.22. The van der Waals surface area contributed by atoms with Gasteiger partial charge in [-0.3, -0.25) is 10.1 Å². The van der Waals surface area contributed by atoms with Gasteiger partial charge in [0.1, 0.15) is 6.10 Å². The van der Waals surface area contributed by atoms with Crippen molar-refractivity contribution in [1.82, 2.24) is 0 Å². The first-order valence-corrected chi connectivity index (χ1v) is 11.3. The summed E-state index contributed by atoms with van der Waals surface area (Å²) >= 11 is 0. The maximum atomic E-state index is 12.4. The third-order valence-corrected chi connectivity index (χ3v) is 4.43. The third kappa shape index (κ3) is 5.81. The van der Waals surface area contributed by atoms with E-state index in [1.54, 1.807) is 0 Å². The van der Waals surface area contributed by atoms with Gasteiger partial charge in [0.15, 0.2) is 8.32 Å². The van der Waals surface area contributed by atoms with Gasteiger partial charge in [-0.25, -0.2) is 4.79 Å². The molecule has 0 aliphatic rings. The van der Waals surface area contributed by atoms with Crippen LogP contribution in [0.3, 0.4) is 0 Å². The van der Waals surface area contributed by atoms with Crippen molar-refractivity contribution in [3.8, 4) is 0 Å². The molecule has 1 atom stereocenters. The quantitative estimate of drug-likeness (QED) is 0.318. The number of rotatable bonds is 7. The van der Waals surface area contributed by atoms with Crippen molar-refractivity contribution in [3.05, 3.63) is 75.8 Å². The van der Waals surface area contributed by atoms with Crippen LogP contribution in [-0.2, 0) is 9.16 Å². The maximum Gasteiger partial charge on any atom is 0.338 e. The molecule has 0 radical (unpaired) electrons. The highest BCUT2D eigenvalue weighted by atomic mass is 28.4. The Hall–Kier alpha value is -2.51. The lowest BCUT2D eigenvalue weighted by Gasteiger charge is -2.23. The minimum Gasteiger partial charge on any atom is -0.451 e. The highest BCUT2D eigenvalue weighted by Gasteiger charge is 2.23. The summed E-state index contributed by atoms with van der Waals surface area (Å²) in [5.74, 6) is -0.539. The molecule has 25 heavy (non-hydrogen) atoms. The molecule has 0 saturated heterocycles. The van der Waals surface area contributed by atoms with Crippen LogP contribution in [-0.4, -0.2) is 25.8 Å². The SMILES string of the molecule is C[Si](C)(C)OCC(OC(=O)c1ccc([N+](=O)[O-])cc1)c1ccccc1. The molecule has 2 rings (SSSR count). The van der Waals surface area contributed by atoms with Crippen LogP contribution in [0.5, 0.6) is 0 Å². The molecule has 0 saturated carbocycles. The van der Waals surface area contributed by atoms with Crippen LogP contribution >= 0.6 is 0 Å². The molecule has 2 aromatic carbocycles. The summed E-state index contributed by atoms with van der Waals surface area (Å²) in [4.78, 5) is 22.6. The van der Waals surface area contributed by atoms with Crippen molar-refractivity contribution >= 4 is 20.0 Å². The van der Waals surface area contributed by atoms with Crippen LogP contribution in [0, 0.1) is 10.1 Å². The summed E-state index contributed by atoms with van der Waals surface area (Å²) < 4.78 is 11.5. The number of nitro benzene ring substituents is 1. The van der Waals surface area contributed by atoms with Crippen molar-refractivity contribution in [2.45, 2.75) is 25.7 Å². The van der Waals surface area contributed by atoms with Gasteiger partial charge < -0.3 is 9.16 Å². The van der Waals surface area contributed by atoms with E-state index in [2.05, 4.69) is 19.6 Å². The number of non-ortho nitro benzene ring substituents is 1. The number of ether oxygens (including phenoxy) is 1. The molecule has 0 bridgehead atoms. The number of benzene rings is 2. The van der Waals surface area contributed by atoms with Gasteiger partial charge in [-0.2, -0.15) is 0 Å². The molecule has 0 amide bonds. The Morgan fingerprint density at radius 3 is 2.20 bits per heavy atom. The van der Waals surface area contributed by atoms with E-state index >= 15 is 0 Å². The Labute approximate surface area is 147 Å². The van der Waals surface area contributed by atoms with Gasteiger partial charge in [0.05, 0.1) is 17.1 Å². The van der Waals surface area contributed by atoms with Crippen molar-refractivity contribution in [3.63, 3.8) is 0 Å². The van der Waals surface area contributed by atoms with E-state index in [-0.39, 0.29) is 17.9 Å². The van der Waals surface area contributed by atoms with Gasteiger partial charge in [-0.15, -0.1) is 0 Å². The van der Waals surface area contributed by atoms with Gasteiger partial charge in [-0.1, -0.05) is 30.3 Å². The fourth-order valence-electron chi connectivity index (χ4n) is 2.11. The lowest BCUT2D eigenvalue weighted by Crippen LogP contribution is -2.29. The number of carbonyl (C=O) groups excluding carboxylic acids is 1. The minimum atomic E-state index is -1.77. The smallest absolute Gasteiger partial charge is 0.338 e. The normalized spacial score (nSPS) is 12.4. The Morgan fingerprint density at radius 1 is 1.08 bits per heavy atom. The molecule has 7 heteroatoms. The van der Waals surface area contributed by atoms with E-state index in [1.807, 2.05) is 30.3 Å². The summed E-state index contributed by atoms with van der Waals surface area (Å²) in [5.41, 5.74) is 1.04. The molecule has 0 aliphatic heterocycles. The standard InChI is InChI=1S/C18H21NO5Si/c1-25(2,3)23-13-17(14-7-5-4-6-8-14)24-18(20)15-9-11-16(12-10-15)19(21)22/h4-12,17H,13H2,1-3H3. The second kappa shape index (κ2) is 8.04. The van der Waals surface area contributed by atoms with Gasteiger partial charge >= 0.3 is 5.97 Å². The van der Waals surface area contributed by atoms with E-state index in [1.165, 1.54) is 24.3 Å². The molecule has 0 aliphatic carbocycles. The summed E-state index contributed by atoms with van der Waals surface area (Å²) in [5, 5.41) is 10.7. The molecule has 0 fully saturated rings. The van der Waals surface area contributed by atoms with Crippen LogP contribution in [0.15, 0.2) is 54.6 Å².